The fourth-order valence-electron chi connectivity index (χ4n) is 8.75. The van der Waals surface area contributed by atoms with Crippen molar-refractivity contribution in [1.82, 2.24) is 14.5 Å². The van der Waals surface area contributed by atoms with Gasteiger partial charge in [-0.25, -0.2) is 4.98 Å². The molecule has 0 unspecified atom stereocenters. The summed E-state index contributed by atoms with van der Waals surface area (Å²) in [5.74, 6) is 0.802. The van der Waals surface area contributed by atoms with Crippen LogP contribution in [-0.2, 0) is 37.3 Å². The molecule has 1 N–H and O–H groups in total. The Bertz CT molecular complexity index is 3480. The molecule has 0 atom stereocenters. The van der Waals surface area contributed by atoms with E-state index in [0.29, 0.717) is 33.8 Å². The summed E-state index contributed by atoms with van der Waals surface area (Å²) in [7, 11) is 0. The number of hydrogen-bond acceptors (Lipinski definition) is 3. The monoisotopic (exact) mass is 1060 g/mol. The smallest absolute Gasteiger partial charge is 0.148 e. The number of aryl methyl sites for hydroxylation is 1. The Hall–Kier alpha value is -6.35. The van der Waals surface area contributed by atoms with Crippen molar-refractivity contribution < 1.29 is 31.7 Å². The topological polar surface area (TPSA) is 50.9 Å². The Kier molecular flexibility index (Phi) is 11.3. The Balaban J connectivity index is 0.00000676. The molecule has 9 aromatic rings. The van der Waals surface area contributed by atoms with Crippen LogP contribution in [-0.4, -0.2) is 19.6 Å². The van der Waals surface area contributed by atoms with E-state index >= 15 is 0 Å². The van der Waals surface area contributed by atoms with E-state index < -0.39 is 0 Å². The summed E-state index contributed by atoms with van der Waals surface area (Å²) in [5, 5.41) is 12.7. The number of hydrogen-bond donors (Lipinski definition) is 1. The van der Waals surface area contributed by atoms with E-state index in [4.69, 9.17) is 15.5 Å². The van der Waals surface area contributed by atoms with Gasteiger partial charge in [-0.2, -0.15) is 0 Å². The van der Waals surface area contributed by atoms with Crippen LogP contribution in [0.4, 0.5) is 0 Å². The molecular weight excluding hydrogens is 998 g/mol. The van der Waals surface area contributed by atoms with Gasteiger partial charge in [0.15, 0.2) is 0 Å². The van der Waals surface area contributed by atoms with Crippen molar-refractivity contribution in [3.8, 4) is 78.6 Å². The second-order valence-electron chi connectivity index (χ2n) is 20.7. The van der Waals surface area contributed by atoms with Crippen LogP contribution in [0.25, 0.3) is 83.9 Å². The number of nitrogens with zero attached hydrogens (tertiary/aromatic N) is 3. The third-order valence-electron chi connectivity index (χ3n) is 12.6. The van der Waals surface area contributed by atoms with Gasteiger partial charge in [0.2, 0.25) is 0 Å². The maximum Gasteiger partial charge on any atom is 0.148 e. The number of para-hydroxylation sites is 1. The molecule has 0 saturated heterocycles. The minimum Gasteiger partial charge on any atom is -0.507 e. The molecule has 5 heteroatoms. The molecule has 7 aromatic carbocycles. The summed E-state index contributed by atoms with van der Waals surface area (Å²) in [6, 6.07) is 47.3. The van der Waals surface area contributed by atoms with Crippen LogP contribution in [0, 0.1) is 19.9 Å². The molecule has 9 rings (SSSR count). The van der Waals surface area contributed by atoms with Gasteiger partial charge in [-0.15, -0.1) is 29.3 Å². The van der Waals surface area contributed by atoms with Gasteiger partial charge in [-0.1, -0.05) is 188 Å². The van der Waals surface area contributed by atoms with Gasteiger partial charge in [0, 0.05) is 44.1 Å². The average Bonchev–Trinajstić information content (AvgIpc) is 3.71. The largest absolute Gasteiger partial charge is 0.507 e. The molecule has 4 nitrogen and oxygen atoms in total. The van der Waals surface area contributed by atoms with Gasteiger partial charge in [-0.3, -0.25) is 9.55 Å². The minimum atomic E-state index is -0.386. The van der Waals surface area contributed by atoms with Crippen LogP contribution in [0.2, 0.25) is 0 Å². The van der Waals surface area contributed by atoms with Gasteiger partial charge in [0.25, 0.3) is 0 Å². The Morgan fingerprint density at radius 3 is 1.79 bits per heavy atom. The van der Waals surface area contributed by atoms with E-state index in [2.05, 4.69) is 183 Å². The SMILES string of the molecule is [2H]c1c([2H])c(-c2ccnc(-c3[c-]c(-c4cccc5c4nc(-c4cc(C(C)(C)C)cc(C(C)(C)C)c4O)n5-c4cc(-c5ccccc5)c(C)cc4-c4ccccc4)cc(C(C)(C)C)c3)c2)c([2H])c([2H])c1C.[Pt]. The van der Waals surface area contributed by atoms with E-state index in [1.54, 1.807) is 19.2 Å². The number of benzene rings is 7. The third-order valence-corrected chi connectivity index (χ3v) is 12.6. The van der Waals surface area contributed by atoms with Crippen LogP contribution >= 0.6 is 0 Å². The Labute approximate surface area is 417 Å². The summed E-state index contributed by atoms with van der Waals surface area (Å²) >= 11 is 0. The molecule has 340 valence electrons. The quantitative estimate of drug-likeness (QED) is 0.162. The number of imidazole rings is 1. The first-order chi connectivity index (χ1) is 33.0. The Morgan fingerprint density at radius 1 is 0.552 bits per heavy atom. The van der Waals surface area contributed by atoms with Crippen LogP contribution in [0.3, 0.4) is 0 Å². The van der Waals surface area contributed by atoms with Crippen molar-refractivity contribution in [2.24, 2.45) is 0 Å². The summed E-state index contributed by atoms with van der Waals surface area (Å²) < 4.78 is 37.1. The van der Waals surface area contributed by atoms with Crippen LogP contribution in [0.1, 0.15) is 95.6 Å². The second kappa shape index (κ2) is 18.0. The van der Waals surface area contributed by atoms with E-state index in [9.17, 15) is 5.11 Å². The maximum absolute atomic E-state index is 12.7. The molecule has 0 saturated carbocycles. The van der Waals surface area contributed by atoms with Gasteiger partial charge in [0.1, 0.15) is 11.6 Å². The molecule has 0 aliphatic heterocycles. The minimum absolute atomic E-state index is 0. The molecular formula is C62H60N3OPt-. The molecule has 0 aliphatic rings. The van der Waals surface area contributed by atoms with Crippen LogP contribution in [0.5, 0.6) is 5.75 Å². The number of rotatable bonds is 7. The molecule has 2 aromatic heterocycles. The van der Waals surface area contributed by atoms with E-state index in [1.807, 2.05) is 18.2 Å². The van der Waals surface area contributed by atoms with Crippen LogP contribution < -0.4 is 0 Å². The number of phenols is 1. The Morgan fingerprint density at radius 2 is 1.16 bits per heavy atom. The van der Waals surface area contributed by atoms with Crippen molar-refractivity contribution in [2.75, 3.05) is 0 Å². The number of aromatic hydroxyl groups is 1. The molecule has 2 heterocycles. The first kappa shape index (κ1) is 42.0. The van der Waals surface area contributed by atoms with Gasteiger partial charge in [0.05, 0.1) is 27.8 Å². The summed E-state index contributed by atoms with van der Waals surface area (Å²) in [6.07, 6.45) is 1.65. The molecule has 0 fully saturated rings. The van der Waals surface area contributed by atoms with Crippen LogP contribution in [0.15, 0.2) is 158 Å². The van der Waals surface area contributed by atoms with Crippen molar-refractivity contribution in [2.45, 2.75) is 92.4 Å². The predicted molar refractivity (Wildman–Crippen MR) is 278 cm³/mol. The van der Waals surface area contributed by atoms with Gasteiger partial charge < -0.3 is 5.11 Å². The number of aromatic nitrogens is 3. The van der Waals surface area contributed by atoms with Gasteiger partial charge in [-0.05, 0) is 99.4 Å². The fraction of sp³-hybridized carbons (Fsp3) is 0.226. The maximum atomic E-state index is 12.7. The van der Waals surface area contributed by atoms with E-state index in [0.717, 1.165) is 72.4 Å². The second-order valence-corrected chi connectivity index (χ2v) is 20.7. The summed E-state index contributed by atoms with van der Waals surface area (Å²) in [6.45, 7) is 23.3. The van der Waals surface area contributed by atoms with E-state index in [-0.39, 0.29) is 72.8 Å². The summed E-state index contributed by atoms with van der Waals surface area (Å²) in [4.78, 5) is 10.5. The first-order valence-corrected chi connectivity index (χ1v) is 22.8. The normalized spacial score (nSPS) is 12.9. The zero-order chi connectivity index (χ0) is 50.2. The standard InChI is InChI=1S/C62H60N3O.Pt/c1-39-25-27-41(28-26-39)44-29-30-63-54(35-44)46-32-45(33-47(34-46)60(3,4)5)49-23-18-24-55-57(49)64-59(52-36-48(61(6,7)8)37-53(58(52)66)62(9,10)11)65(55)56-38-50(42-19-14-12-15-20-42)40(2)31-51(56)43-21-16-13-17-22-43;/h12-31,33-38,66H,1-11H3;/q-1;/i25D,26D,27D,28D;. The first-order valence-electron chi connectivity index (χ1n) is 24.8. The molecule has 0 amide bonds. The summed E-state index contributed by atoms with van der Waals surface area (Å²) in [5.41, 5.74) is 14.6. The van der Waals surface area contributed by atoms with E-state index in [1.165, 1.54) is 0 Å². The predicted octanol–water partition coefficient (Wildman–Crippen LogP) is 16.4. The number of phenolic OH excluding ortho intramolecular Hbond substituents is 1. The zero-order valence-corrected chi connectivity index (χ0v) is 42.6. The van der Waals surface area contributed by atoms with Gasteiger partial charge >= 0.3 is 0 Å². The molecule has 0 radical (unpaired) electrons. The fourth-order valence-corrected chi connectivity index (χ4v) is 8.75. The third kappa shape index (κ3) is 9.34. The van der Waals surface area contributed by atoms with Crippen molar-refractivity contribution in [3.05, 3.63) is 192 Å². The van der Waals surface area contributed by atoms with Crippen molar-refractivity contribution in [1.29, 1.82) is 0 Å². The average molecular weight is 1060 g/mol. The molecule has 0 spiro atoms. The molecule has 0 aliphatic carbocycles. The zero-order valence-electron chi connectivity index (χ0n) is 44.3. The number of pyridine rings is 1. The molecule has 0 bridgehead atoms. The van der Waals surface area contributed by atoms with Crippen molar-refractivity contribution in [3.63, 3.8) is 0 Å². The molecule has 67 heavy (non-hydrogen) atoms. The number of fused-ring (bicyclic) bond motifs is 1. The van der Waals surface area contributed by atoms with Crippen molar-refractivity contribution >= 4 is 11.0 Å².